The molecule has 56 valence electrons. The van der Waals surface area contributed by atoms with Gasteiger partial charge in [-0.25, -0.2) is 20.8 Å². The van der Waals surface area contributed by atoms with Gasteiger partial charge < -0.3 is 5.43 Å². The number of thiazole rings is 1. The quantitative estimate of drug-likeness (QED) is 0.474. The molecule has 0 unspecified atom stereocenters. The first-order chi connectivity index (χ1) is 5.42. The maximum atomic E-state index is 5.20. The van der Waals surface area contributed by atoms with Crippen LogP contribution in [0.25, 0.3) is 10.3 Å². The van der Waals surface area contributed by atoms with Gasteiger partial charge in [0.05, 0.1) is 5.51 Å². The van der Waals surface area contributed by atoms with Crippen molar-refractivity contribution in [3.05, 3.63) is 11.8 Å². The van der Waals surface area contributed by atoms with Gasteiger partial charge >= 0.3 is 0 Å². The first-order valence-corrected chi connectivity index (χ1v) is 3.80. The Labute approximate surface area is 66.3 Å². The van der Waals surface area contributed by atoms with Crippen molar-refractivity contribution in [1.29, 1.82) is 0 Å². The molecule has 0 atom stereocenters. The number of hydrogen-bond acceptors (Lipinski definition) is 6. The van der Waals surface area contributed by atoms with Crippen LogP contribution >= 0.6 is 11.3 Å². The fourth-order valence-corrected chi connectivity index (χ4v) is 1.43. The number of nitrogens with two attached hydrogens (primary N) is 1. The van der Waals surface area contributed by atoms with Crippen LogP contribution in [0.5, 0.6) is 0 Å². The number of aromatic nitrogens is 3. The van der Waals surface area contributed by atoms with Crippen LogP contribution in [0.3, 0.4) is 0 Å². The Hall–Kier alpha value is -1.27. The molecule has 0 aromatic carbocycles. The summed E-state index contributed by atoms with van der Waals surface area (Å²) in [6, 6.07) is 0. The molecule has 0 aliphatic heterocycles. The van der Waals surface area contributed by atoms with Gasteiger partial charge in [0.1, 0.15) is 16.7 Å². The molecule has 0 spiro atoms. The van der Waals surface area contributed by atoms with Crippen LogP contribution in [-0.4, -0.2) is 15.0 Å². The minimum Gasteiger partial charge on any atom is -0.307 e. The first kappa shape index (κ1) is 6.44. The van der Waals surface area contributed by atoms with E-state index in [1.807, 2.05) is 0 Å². The number of hydrogen-bond donors (Lipinski definition) is 2. The third-order valence-corrected chi connectivity index (χ3v) is 2.00. The summed E-state index contributed by atoms with van der Waals surface area (Å²) >= 11 is 1.46. The van der Waals surface area contributed by atoms with Gasteiger partial charge in [0.25, 0.3) is 0 Å². The summed E-state index contributed by atoms with van der Waals surface area (Å²) in [7, 11) is 0. The zero-order valence-corrected chi connectivity index (χ0v) is 6.30. The second-order valence-electron chi connectivity index (χ2n) is 1.87. The Morgan fingerprint density at radius 3 is 3.09 bits per heavy atom. The second-order valence-corrected chi connectivity index (χ2v) is 2.71. The largest absolute Gasteiger partial charge is 0.307 e. The van der Waals surface area contributed by atoms with E-state index in [1.54, 1.807) is 5.51 Å². The number of hydrazine groups is 1. The predicted molar refractivity (Wildman–Crippen MR) is 43.0 cm³/mol. The van der Waals surface area contributed by atoms with Gasteiger partial charge in [-0.1, -0.05) is 0 Å². The summed E-state index contributed by atoms with van der Waals surface area (Å²) in [4.78, 5) is 12.8. The van der Waals surface area contributed by atoms with Gasteiger partial charge in [0.2, 0.25) is 0 Å². The third-order valence-electron chi connectivity index (χ3n) is 1.27. The molecule has 0 radical (unpaired) electrons. The number of nitrogens with one attached hydrogen (secondary N) is 1. The molecule has 3 N–H and O–H groups in total. The van der Waals surface area contributed by atoms with Gasteiger partial charge in [0, 0.05) is 0 Å². The van der Waals surface area contributed by atoms with Crippen molar-refractivity contribution >= 4 is 27.5 Å². The van der Waals surface area contributed by atoms with Crippen molar-refractivity contribution < 1.29 is 0 Å². The first-order valence-electron chi connectivity index (χ1n) is 2.92. The minimum absolute atomic E-state index is 0.566. The van der Waals surface area contributed by atoms with Gasteiger partial charge in [-0.2, -0.15) is 0 Å². The molecule has 0 aliphatic rings. The lowest BCUT2D eigenvalue weighted by Gasteiger charge is -1.95. The van der Waals surface area contributed by atoms with Crippen LogP contribution in [0, 0.1) is 0 Å². The van der Waals surface area contributed by atoms with Gasteiger partial charge in [-0.15, -0.1) is 11.3 Å². The Morgan fingerprint density at radius 1 is 1.36 bits per heavy atom. The van der Waals surface area contributed by atoms with Crippen molar-refractivity contribution in [3.63, 3.8) is 0 Å². The second kappa shape index (κ2) is 2.40. The Kier molecular flexibility index (Phi) is 1.41. The highest BCUT2D eigenvalue weighted by Gasteiger charge is 2.02. The zero-order chi connectivity index (χ0) is 7.68. The molecule has 6 heteroatoms. The lowest BCUT2D eigenvalue weighted by atomic mass is 10.5. The summed E-state index contributed by atoms with van der Waals surface area (Å²) in [5.74, 6) is 5.77. The standard InChI is InChI=1S/C5H5N5S/c6-10-4-3-5(8-1-7-4)11-2-9-3/h1-2H,6H2,(H,7,8,10). The van der Waals surface area contributed by atoms with E-state index in [1.165, 1.54) is 17.7 Å². The van der Waals surface area contributed by atoms with Crippen molar-refractivity contribution in [2.75, 3.05) is 5.43 Å². The molecule has 0 fully saturated rings. The van der Waals surface area contributed by atoms with Crippen LogP contribution in [-0.2, 0) is 0 Å². The monoisotopic (exact) mass is 167 g/mol. The topological polar surface area (TPSA) is 76.7 Å². The molecule has 0 bridgehead atoms. The van der Waals surface area contributed by atoms with Crippen molar-refractivity contribution in [2.45, 2.75) is 0 Å². The van der Waals surface area contributed by atoms with E-state index in [-0.39, 0.29) is 0 Å². The summed E-state index contributed by atoms with van der Waals surface area (Å²) in [6.07, 6.45) is 1.45. The fraction of sp³-hybridized carbons (Fsp3) is 0. The number of anilines is 1. The SMILES string of the molecule is NNc1ncnc2scnc12. The van der Waals surface area contributed by atoms with E-state index in [2.05, 4.69) is 20.4 Å². The number of nitrogens with zero attached hydrogens (tertiary/aromatic N) is 3. The van der Waals surface area contributed by atoms with E-state index in [0.717, 1.165) is 10.3 Å². The number of rotatable bonds is 1. The molecule has 11 heavy (non-hydrogen) atoms. The summed E-state index contributed by atoms with van der Waals surface area (Å²) in [6.45, 7) is 0. The van der Waals surface area contributed by atoms with E-state index in [9.17, 15) is 0 Å². The molecule has 0 aliphatic carbocycles. The number of nitrogen functional groups attached to an aromatic ring is 1. The van der Waals surface area contributed by atoms with Crippen molar-refractivity contribution in [2.24, 2.45) is 5.84 Å². The molecule has 2 aromatic heterocycles. The third kappa shape index (κ3) is 0.920. The molecule has 2 heterocycles. The summed E-state index contributed by atoms with van der Waals surface area (Å²) in [5, 5.41) is 0. The maximum absolute atomic E-state index is 5.20. The molecule has 0 saturated carbocycles. The molecule has 2 aromatic rings. The molecule has 0 amide bonds. The molecule has 0 saturated heterocycles. The highest BCUT2D eigenvalue weighted by atomic mass is 32.1. The normalized spacial score (nSPS) is 10.3. The highest BCUT2D eigenvalue weighted by Crippen LogP contribution is 2.18. The van der Waals surface area contributed by atoms with Crippen LogP contribution < -0.4 is 11.3 Å². The average molecular weight is 167 g/mol. The summed E-state index contributed by atoms with van der Waals surface area (Å²) in [5.41, 5.74) is 4.88. The van der Waals surface area contributed by atoms with Crippen LogP contribution in [0.15, 0.2) is 11.8 Å². The maximum Gasteiger partial charge on any atom is 0.170 e. The Balaban J connectivity index is 2.79. The average Bonchev–Trinajstić information content (AvgIpc) is 2.50. The minimum atomic E-state index is 0.566. The van der Waals surface area contributed by atoms with Crippen LogP contribution in [0.4, 0.5) is 5.82 Å². The fourth-order valence-electron chi connectivity index (χ4n) is 0.800. The summed E-state index contributed by atoms with van der Waals surface area (Å²) < 4.78 is 0. The Bertz CT molecular complexity index is 370. The highest BCUT2D eigenvalue weighted by molar-refractivity contribution is 7.16. The van der Waals surface area contributed by atoms with E-state index in [4.69, 9.17) is 5.84 Å². The van der Waals surface area contributed by atoms with Gasteiger partial charge in [-0.05, 0) is 0 Å². The van der Waals surface area contributed by atoms with E-state index >= 15 is 0 Å². The van der Waals surface area contributed by atoms with Crippen LogP contribution in [0.2, 0.25) is 0 Å². The zero-order valence-electron chi connectivity index (χ0n) is 5.48. The molecular formula is C5H5N5S. The predicted octanol–water partition coefficient (Wildman–Crippen LogP) is 0.372. The number of fused-ring (bicyclic) bond motifs is 1. The van der Waals surface area contributed by atoms with Gasteiger partial charge in [-0.3, -0.25) is 0 Å². The van der Waals surface area contributed by atoms with E-state index in [0.29, 0.717) is 5.82 Å². The lowest BCUT2D eigenvalue weighted by molar-refractivity contribution is 1.18. The molecule has 5 nitrogen and oxygen atoms in total. The van der Waals surface area contributed by atoms with E-state index < -0.39 is 0 Å². The smallest absolute Gasteiger partial charge is 0.170 e. The molecular weight excluding hydrogens is 162 g/mol. The van der Waals surface area contributed by atoms with Gasteiger partial charge in [0.15, 0.2) is 5.82 Å². The van der Waals surface area contributed by atoms with Crippen molar-refractivity contribution in [3.8, 4) is 0 Å². The molecule has 2 rings (SSSR count). The Morgan fingerprint density at radius 2 is 2.27 bits per heavy atom. The van der Waals surface area contributed by atoms with Crippen molar-refractivity contribution in [1.82, 2.24) is 15.0 Å². The lowest BCUT2D eigenvalue weighted by Crippen LogP contribution is -2.08. The van der Waals surface area contributed by atoms with Crippen LogP contribution in [0.1, 0.15) is 0 Å².